The first-order valence-electron chi connectivity index (χ1n) is 6.43. The zero-order valence-corrected chi connectivity index (χ0v) is 13.2. The van der Waals surface area contributed by atoms with E-state index >= 15 is 0 Å². The van der Waals surface area contributed by atoms with Gasteiger partial charge in [0.15, 0.2) is 0 Å². The van der Waals surface area contributed by atoms with Crippen molar-refractivity contribution in [1.82, 2.24) is 9.97 Å². The number of benzene rings is 1. The van der Waals surface area contributed by atoms with Gasteiger partial charge in [0.05, 0.1) is 0 Å². The molecule has 2 nitrogen and oxygen atoms in total. The van der Waals surface area contributed by atoms with E-state index in [0.717, 1.165) is 21.2 Å². The predicted molar refractivity (Wildman–Crippen MR) is 82.4 cm³/mol. The Labute approximate surface area is 126 Å². The number of aromatic nitrogens is 2. The molecule has 0 radical (unpaired) electrons. The van der Waals surface area contributed by atoms with Crippen molar-refractivity contribution >= 4 is 27.7 Å². The fraction of sp³-hybridized carbons (Fsp3) is 0.333. The predicted octanol–water partition coefficient (Wildman–Crippen LogP) is 4.72. The number of hydrogen-bond acceptors (Lipinski definition) is 3. The summed E-state index contributed by atoms with van der Waals surface area (Å²) in [6, 6.07) is 10.6. The fourth-order valence-electron chi connectivity index (χ4n) is 1.97. The number of thioether (sulfide) groups is 1. The minimum Gasteiger partial charge on any atom is -0.226 e. The van der Waals surface area contributed by atoms with Crippen LogP contribution in [0.2, 0.25) is 0 Å². The summed E-state index contributed by atoms with van der Waals surface area (Å²) in [4.78, 5) is 9.11. The van der Waals surface area contributed by atoms with Crippen molar-refractivity contribution in [3.8, 4) is 0 Å². The monoisotopic (exact) mass is 334 g/mol. The molecule has 0 unspecified atom stereocenters. The summed E-state index contributed by atoms with van der Waals surface area (Å²) in [5, 5.41) is 1.06. The van der Waals surface area contributed by atoms with Crippen LogP contribution in [0.25, 0.3) is 0 Å². The van der Waals surface area contributed by atoms with Gasteiger partial charge in [0.2, 0.25) is 0 Å². The van der Waals surface area contributed by atoms with Crippen molar-refractivity contribution in [2.75, 3.05) is 0 Å². The molecule has 1 heterocycles. The zero-order valence-electron chi connectivity index (χ0n) is 10.8. The van der Waals surface area contributed by atoms with E-state index in [-0.39, 0.29) is 0 Å². The van der Waals surface area contributed by atoms with Gasteiger partial charge < -0.3 is 0 Å². The average Bonchev–Trinajstić information content (AvgIpc) is 3.20. The Morgan fingerprint density at radius 2 is 2.11 bits per heavy atom. The molecule has 1 aliphatic carbocycles. The number of hydrogen-bond donors (Lipinski definition) is 0. The Hall–Kier alpha value is -0.870. The van der Waals surface area contributed by atoms with Crippen LogP contribution in [-0.4, -0.2) is 9.97 Å². The molecule has 1 saturated carbocycles. The van der Waals surface area contributed by atoms with E-state index in [1.54, 1.807) is 11.8 Å². The van der Waals surface area contributed by atoms with Gasteiger partial charge in [-0.15, -0.1) is 11.8 Å². The van der Waals surface area contributed by atoms with Gasteiger partial charge in [0.1, 0.15) is 15.5 Å². The third-order valence-electron chi connectivity index (χ3n) is 3.10. The number of aryl methyl sites for hydroxylation is 1. The molecule has 0 spiro atoms. The van der Waals surface area contributed by atoms with Gasteiger partial charge in [-0.3, -0.25) is 0 Å². The van der Waals surface area contributed by atoms with Crippen molar-refractivity contribution in [2.24, 2.45) is 0 Å². The Bertz CT molecular complexity index is 596. The van der Waals surface area contributed by atoms with E-state index in [2.05, 4.69) is 57.1 Å². The molecule has 1 aromatic carbocycles. The quantitative estimate of drug-likeness (QED) is 0.597. The highest BCUT2D eigenvalue weighted by molar-refractivity contribution is 9.10. The molecule has 1 aromatic heterocycles. The second-order valence-corrected chi connectivity index (χ2v) is 6.75. The van der Waals surface area contributed by atoms with Crippen molar-refractivity contribution in [2.45, 2.75) is 36.5 Å². The van der Waals surface area contributed by atoms with E-state index < -0.39 is 0 Å². The van der Waals surface area contributed by atoms with E-state index in [4.69, 9.17) is 0 Å². The standard InChI is InChI=1S/C15H15BrN2S/c1-10-3-2-4-11(7-10)9-19-14-8-13(16)17-15(18-14)12-5-6-12/h2-4,7-8,12H,5-6,9H2,1H3. The summed E-state index contributed by atoms with van der Waals surface area (Å²) in [6.07, 6.45) is 2.47. The highest BCUT2D eigenvalue weighted by Crippen LogP contribution is 2.39. The molecule has 1 aliphatic rings. The molecular formula is C15H15BrN2S. The Morgan fingerprint density at radius 1 is 1.26 bits per heavy atom. The highest BCUT2D eigenvalue weighted by atomic mass is 79.9. The maximum Gasteiger partial charge on any atom is 0.134 e. The topological polar surface area (TPSA) is 25.8 Å². The maximum absolute atomic E-state index is 4.65. The molecule has 19 heavy (non-hydrogen) atoms. The number of nitrogens with zero attached hydrogens (tertiary/aromatic N) is 2. The minimum absolute atomic E-state index is 0.593. The normalized spacial score (nSPS) is 14.6. The number of halogens is 1. The lowest BCUT2D eigenvalue weighted by Gasteiger charge is -2.05. The van der Waals surface area contributed by atoms with Gasteiger partial charge in [-0.2, -0.15) is 0 Å². The van der Waals surface area contributed by atoms with Crippen molar-refractivity contribution in [1.29, 1.82) is 0 Å². The smallest absolute Gasteiger partial charge is 0.134 e. The third-order valence-corrected chi connectivity index (χ3v) is 4.49. The highest BCUT2D eigenvalue weighted by Gasteiger charge is 2.27. The molecule has 0 amide bonds. The van der Waals surface area contributed by atoms with Crippen LogP contribution < -0.4 is 0 Å². The molecule has 0 bridgehead atoms. The lowest BCUT2D eigenvalue weighted by Crippen LogP contribution is -1.95. The average molecular weight is 335 g/mol. The van der Waals surface area contributed by atoms with E-state index in [1.165, 1.54) is 24.0 Å². The Kier molecular flexibility index (Phi) is 3.89. The van der Waals surface area contributed by atoms with E-state index in [9.17, 15) is 0 Å². The molecule has 0 aliphatic heterocycles. The zero-order chi connectivity index (χ0) is 13.2. The molecular weight excluding hydrogens is 320 g/mol. The van der Waals surface area contributed by atoms with E-state index in [0.29, 0.717) is 5.92 Å². The van der Waals surface area contributed by atoms with Crippen molar-refractivity contribution in [3.63, 3.8) is 0 Å². The van der Waals surface area contributed by atoms with Crippen LogP contribution in [0.3, 0.4) is 0 Å². The Morgan fingerprint density at radius 3 is 2.84 bits per heavy atom. The largest absolute Gasteiger partial charge is 0.226 e. The molecule has 3 rings (SSSR count). The molecule has 98 valence electrons. The van der Waals surface area contributed by atoms with Gasteiger partial charge in [-0.05, 0) is 41.3 Å². The first-order valence-corrected chi connectivity index (χ1v) is 8.21. The lowest BCUT2D eigenvalue weighted by atomic mass is 10.2. The van der Waals surface area contributed by atoms with Crippen LogP contribution in [0, 0.1) is 6.92 Å². The van der Waals surface area contributed by atoms with Gasteiger partial charge in [0.25, 0.3) is 0 Å². The van der Waals surface area contributed by atoms with Gasteiger partial charge in [-0.25, -0.2) is 9.97 Å². The summed E-state index contributed by atoms with van der Waals surface area (Å²) in [6.45, 7) is 2.13. The summed E-state index contributed by atoms with van der Waals surface area (Å²) in [5.41, 5.74) is 2.65. The van der Waals surface area contributed by atoms with Crippen LogP contribution in [0.4, 0.5) is 0 Å². The SMILES string of the molecule is Cc1cccc(CSc2cc(Br)nc(C3CC3)n2)c1. The second kappa shape index (κ2) is 5.63. The first kappa shape index (κ1) is 13.1. The van der Waals surface area contributed by atoms with Crippen LogP contribution in [0.1, 0.15) is 35.7 Å². The Balaban J connectivity index is 1.72. The van der Waals surface area contributed by atoms with Crippen LogP contribution in [-0.2, 0) is 5.75 Å². The summed E-state index contributed by atoms with van der Waals surface area (Å²) < 4.78 is 0.899. The van der Waals surface area contributed by atoms with Crippen LogP contribution >= 0.6 is 27.7 Å². The summed E-state index contributed by atoms with van der Waals surface area (Å²) in [5.74, 6) is 2.55. The number of rotatable bonds is 4. The van der Waals surface area contributed by atoms with Crippen molar-refractivity contribution in [3.05, 3.63) is 51.9 Å². The maximum atomic E-state index is 4.65. The molecule has 0 N–H and O–H groups in total. The molecule has 2 aromatic rings. The van der Waals surface area contributed by atoms with Crippen molar-refractivity contribution < 1.29 is 0 Å². The molecule has 0 saturated heterocycles. The first-order chi connectivity index (χ1) is 9.20. The summed E-state index contributed by atoms with van der Waals surface area (Å²) >= 11 is 5.26. The van der Waals surface area contributed by atoms with Gasteiger partial charge >= 0.3 is 0 Å². The van der Waals surface area contributed by atoms with Crippen LogP contribution in [0.15, 0.2) is 40.0 Å². The molecule has 4 heteroatoms. The third kappa shape index (κ3) is 3.57. The fourth-order valence-corrected chi connectivity index (χ4v) is 3.37. The second-order valence-electron chi connectivity index (χ2n) is 4.94. The molecule has 0 atom stereocenters. The minimum atomic E-state index is 0.593. The summed E-state index contributed by atoms with van der Waals surface area (Å²) in [7, 11) is 0. The van der Waals surface area contributed by atoms with E-state index in [1.807, 2.05) is 6.07 Å². The van der Waals surface area contributed by atoms with Gasteiger partial charge in [-0.1, -0.05) is 29.8 Å². The van der Waals surface area contributed by atoms with Gasteiger partial charge in [0, 0.05) is 17.7 Å². The lowest BCUT2D eigenvalue weighted by molar-refractivity contribution is 0.866. The van der Waals surface area contributed by atoms with Crippen LogP contribution in [0.5, 0.6) is 0 Å². The molecule has 1 fully saturated rings.